The Hall–Kier alpha value is -1.29. The van der Waals surface area contributed by atoms with Crippen molar-refractivity contribution in [2.24, 2.45) is 5.73 Å². The Balaban J connectivity index is 2.68. The van der Waals surface area contributed by atoms with Gasteiger partial charge in [0, 0.05) is 6.42 Å². The molecule has 0 radical (unpaired) electrons. The number of Topliss-reactive ketones (excluding diaryl/α,β-unsaturated/α-hetero) is 1. The van der Waals surface area contributed by atoms with E-state index < -0.39 is 11.6 Å². The molecule has 0 unspecified atom stereocenters. The van der Waals surface area contributed by atoms with Gasteiger partial charge in [-0.1, -0.05) is 0 Å². The molecule has 0 aromatic heterocycles. The van der Waals surface area contributed by atoms with Gasteiger partial charge in [0.05, 0.1) is 5.56 Å². The first kappa shape index (κ1) is 11.8. The molecule has 0 fully saturated rings. The standard InChI is InChI=1S/C11H13F2NO/c12-8-4-5-10(13)9(7-8)11(15)3-1-2-6-14/h4-5,7H,1-3,6,14H2. The summed E-state index contributed by atoms with van der Waals surface area (Å²) < 4.78 is 25.9. The summed E-state index contributed by atoms with van der Waals surface area (Å²) in [5.74, 6) is -1.65. The highest BCUT2D eigenvalue weighted by Crippen LogP contribution is 2.13. The average Bonchev–Trinajstić information content (AvgIpc) is 2.22. The molecule has 2 nitrogen and oxygen atoms in total. The van der Waals surface area contributed by atoms with E-state index in [4.69, 9.17) is 5.73 Å². The van der Waals surface area contributed by atoms with Gasteiger partial charge in [-0.3, -0.25) is 4.79 Å². The number of unbranched alkanes of at least 4 members (excludes halogenated alkanes) is 1. The number of hydrogen-bond acceptors (Lipinski definition) is 2. The Morgan fingerprint density at radius 1 is 1.27 bits per heavy atom. The number of ketones is 1. The summed E-state index contributed by atoms with van der Waals surface area (Å²) in [6.45, 7) is 0.499. The number of carbonyl (C=O) groups excluding carboxylic acids is 1. The fourth-order valence-electron chi connectivity index (χ4n) is 1.28. The van der Waals surface area contributed by atoms with Crippen molar-refractivity contribution in [3.8, 4) is 0 Å². The molecular weight excluding hydrogens is 200 g/mol. The first-order chi connectivity index (χ1) is 7.15. The van der Waals surface area contributed by atoms with Crippen LogP contribution in [0, 0.1) is 11.6 Å². The fraction of sp³-hybridized carbons (Fsp3) is 0.364. The van der Waals surface area contributed by atoms with E-state index in [0.717, 1.165) is 18.2 Å². The van der Waals surface area contributed by atoms with E-state index in [1.54, 1.807) is 0 Å². The molecule has 0 atom stereocenters. The first-order valence-corrected chi connectivity index (χ1v) is 4.83. The largest absolute Gasteiger partial charge is 0.330 e. The number of benzene rings is 1. The highest BCUT2D eigenvalue weighted by atomic mass is 19.1. The maximum Gasteiger partial charge on any atom is 0.165 e. The van der Waals surface area contributed by atoms with Crippen LogP contribution in [0.25, 0.3) is 0 Å². The highest BCUT2D eigenvalue weighted by Gasteiger charge is 2.11. The van der Waals surface area contributed by atoms with Crippen molar-refractivity contribution < 1.29 is 13.6 Å². The Labute approximate surface area is 87.1 Å². The van der Waals surface area contributed by atoms with Crippen LogP contribution in [-0.4, -0.2) is 12.3 Å². The first-order valence-electron chi connectivity index (χ1n) is 4.83. The molecule has 0 saturated heterocycles. The molecule has 1 aromatic rings. The minimum absolute atomic E-state index is 0.174. The smallest absolute Gasteiger partial charge is 0.165 e. The second-order valence-corrected chi connectivity index (χ2v) is 3.29. The quantitative estimate of drug-likeness (QED) is 0.602. The topological polar surface area (TPSA) is 43.1 Å². The van der Waals surface area contributed by atoms with Crippen LogP contribution in [0.5, 0.6) is 0 Å². The van der Waals surface area contributed by atoms with Crippen molar-refractivity contribution >= 4 is 5.78 Å². The van der Waals surface area contributed by atoms with Crippen molar-refractivity contribution in [1.82, 2.24) is 0 Å². The Kier molecular flexibility index (Phi) is 4.37. The lowest BCUT2D eigenvalue weighted by Gasteiger charge is -2.02. The van der Waals surface area contributed by atoms with Gasteiger partial charge in [-0.2, -0.15) is 0 Å². The van der Waals surface area contributed by atoms with E-state index in [1.807, 2.05) is 0 Å². The molecule has 1 aromatic carbocycles. The van der Waals surface area contributed by atoms with Crippen LogP contribution < -0.4 is 5.73 Å². The molecule has 0 spiro atoms. The molecule has 82 valence electrons. The van der Waals surface area contributed by atoms with E-state index in [1.165, 1.54) is 0 Å². The van der Waals surface area contributed by atoms with E-state index in [0.29, 0.717) is 19.4 Å². The maximum absolute atomic E-state index is 13.1. The molecule has 0 bridgehead atoms. The molecule has 1 rings (SSSR count). The third kappa shape index (κ3) is 3.40. The van der Waals surface area contributed by atoms with Crippen LogP contribution in [-0.2, 0) is 0 Å². The minimum Gasteiger partial charge on any atom is -0.330 e. The molecule has 0 heterocycles. The Morgan fingerprint density at radius 3 is 2.67 bits per heavy atom. The summed E-state index contributed by atoms with van der Waals surface area (Å²) in [6, 6.07) is 2.89. The van der Waals surface area contributed by atoms with E-state index in [2.05, 4.69) is 0 Å². The minimum atomic E-state index is -0.672. The molecule has 0 aliphatic carbocycles. The number of hydrogen-bond donors (Lipinski definition) is 1. The highest BCUT2D eigenvalue weighted by molar-refractivity contribution is 5.96. The third-order valence-corrected chi connectivity index (χ3v) is 2.09. The van der Waals surface area contributed by atoms with Gasteiger partial charge >= 0.3 is 0 Å². The molecule has 15 heavy (non-hydrogen) atoms. The van der Waals surface area contributed by atoms with Gasteiger partial charge in [0.2, 0.25) is 0 Å². The SMILES string of the molecule is NCCCCC(=O)c1cc(F)ccc1F. The fourth-order valence-corrected chi connectivity index (χ4v) is 1.28. The third-order valence-electron chi connectivity index (χ3n) is 2.09. The van der Waals surface area contributed by atoms with Crippen LogP contribution in [0.1, 0.15) is 29.6 Å². The van der Waals surface area contributed by atoms with Gasteiger partial charge in [-0.05, 0) is 37.6 Å². The summed E-state index contributed by atoms with van der Waals surface area (Å²) >= 11 is 0. The zero-order valence-corrected chi connectivity index (χ0v) is 8.30. The molecule has 0 saturated carbocycles. The van der Waals surface area contributed by atoms with Crippen LogP contribution >= 0.6 is 0 Å². The normalized spacial score (nSPS) is 10.3. The zero-order valence-electron chi connectivity index (χ0n) is 8.30. The summed E-state index contributed by atoms with van der Waals surface area (Å²) in [6.07, 6.45) is 1.52. The monoisotopic (exact) mass is 213 g/mol. The summed E-state index contributed by atoms with van der Waals surface area (Å²) in [4.78, 5) is 11.4. The number of nitrogens with two attached hydrogens (primary N) is 1. The zero-order chi connectivity index (χ0) is 11.3. The number of halogens is 2. The van der Waals surface area contributed by atoms with E-state index in [9.17, 15) is 13.6 Å². The lowest BCUT2D eigenvalue weighted by Crippen LogP contribution is -2.05. The van der Waals surface area contributed by atoms with Crippen molar-refractivity contribution in [3.63, 3.8) is 0 Å². The predicted molar refractivity (Wildman–Crippen MR) is 53.6 cm³/mol. The van der Waals surface area contributed by atoms with Gasteiger partial charge < -0.3 is 5.73 Å². The van der Waals surface area contributed by atoms with Crippen LogP contribution in [0.15, 0.2) is 18.2 Å². The second kappa shape index (κ2) is 5.56. The van der Waals surface area contributed by atoms with Crippen molar-refractivity contribution in [3.05, 3.63) is 35.4 Å². The molecule has 0 amide bonds. The Bertz CT molecular complexity index is 352. The number of rotatable bonds is 5. The van der Waals surface area contributed by atoms with Gasteiger partial charge in [-0.25, -0.2) is 8.78 Å². The van der Waals surface area contributed by atoms with Crippen LogP contribution in [0.3, 0.4) is 0 Å². The maximum atomic E-state index is 13.1. The molecule has 0 aliphatic heterocycles. The van der Waals surface area contributed by atoms with Gasteiger partial charge in [-0.15, -0.1) is 0 Å². The summed E-state index contributed by atoms with van der Waals surface area (Å²) in [7, 11) is 0. The van der Waals surface area contributed by atoms with E-state index in [-0.39, 0.29) is 17.8 Å². The molecule has 0 aliphatic rings. The lowest BCUT2D eigenvalue weighted by molar-refractivity contribution is 0.0975. The van der Waals surface area contributed by atoms with Gasteiger partial charge in [0.1, 0.15) is 11.6 Å². The van der Waals surface area contributed by atoms with Crippen LogP contribution in [0.2, 0.25) is 0 Å². The van der Waals surface area contributed by atoms with Crippen LogP contribution in [0.4, 0.5) is 8.78 Å². The summed E-state index contributed by atoms with van der Waals surface area (Å²) in [5, 5.41) is 0. The van der Waals surface area contributed by atoms with Crippen molar-refractivity contribution in [2.45, 2.75) is 19.3 Å². The molecule has 2 N–H and O–H groups in total. The lowest BCUT2D eigenvalue weighted by atomic mass is 10.0. The van der Waals surface area contributed by atoms with Crippen molar-refractivity contribution in [1.29, 1.82) is 0 Å². The van der Waals surface area contributed by atoms with E-state index >= 15 is 0 Å². The number of carbonyl (C=O) groups is 1. The van der Waals surface area contributed by atoms with Gasteiger partial charge in [0.25, 0.3) is 0 Å². The predicted octanol–water partition coefficient (Wildman–Crippen LogP) is 2.28. The van der Waals surface area contributed by atoms with Gasteiger partial charge in [0.15, 0.2) is 5.78 Å². The Morgan fingerprint density at radius 2 is 2.00 bits per heavy atom. The average molecular weight is 213 g/mol. The second-order valence-electron chi connectivity index (χ2n) is 3.29. The molecule has 4 heteroatoms. The molecular formula is C11H13F2NO. The summed E-state index contributed by atoms with van der Waals surface area (Å²) in [5.41, 5.74) is 5.09. The van der Waals surface area contributed by atoms with Crippen molar-refractivity contribution in [2.75, 3.05) is 6.54 Å².